The molecule has 0 bridgehead atoms. The lowest BCUT2D eigenvalue weighted by atomic mass is 10.1. The van der Waals surface area contributed by atoms with Crippen LogP contribution in [0.3, 0.4) is 0 Å². The van der Waals surface area contributed by atoms with Gasteiger partial charge < -0.3 is 9.52 Å². The number of furan rings is 1. The standard InChI is InChI=1S/C22H14N2O5S/c25-19-17(20(26)24(22(30)23-19)15-4-2-1-3-5-15)12-16-10-11-18(29-16)13-6-8-14(9-7-13)21(27)28/h1-12H,(H,27,28)(H,23,25,30)/b17-12-. The van der Waals surface area contributed by atoms with Gasteiger partial charge in [0.1, 0.15) is 17.1 Å². The van der Waals surface area contributed by atoms with Gasteiger partial charge in [0.05, 0.1) is 11.3 Å². The predicted octanol–water partition coefficient (Wildman–Crippen LogP) is 3.48. The minimum Gasteiger partial charge on any atom is -0.478 e. The van der Waals surface area contributed by atoms with Gasteiger partial charge in [-0.1, -0.05) is 30.3 Å². The van der Waals surface area contributed by atoms with Gasteiger partial charge in [0.15, 0.2) is 5.11 Å². The SMILES string of the molecule is O=C1NC(=S)N(c2ccccc2)C(=O)/C1=C\c1ccc(-c2ccc(C(=O)O)cc2)o1. The highest BCUT2D eigenvalue weighted by molar-refractivity contribution is 7.80. The highest BCUT2D eigenvalue weighted by Crippen LogP contribution is 2.26. The van der Waals surface area contributed by atoms with E-state index in [1.165, 1.54) is 23.1 Å². The van der Waals surface area contributed by atoms with E-state index >= 15 is 0 Å². The summed E-state index contributed by atoms with van der Waals surface area (Å²) in [6, 6.07) is 18.2. The van der Waals surface area contributed by atoms with Gasteiger partial charge in [0.2, 0.25) is 0 Å². The number of benzene rings is 2. The van der Waals surface area contributed by atoms with Gasteiger partial charge in [-0.3, -0.25) is 19.8 Å². The minimum absolute atomic E-state index is 0.00649. The summed E-state index contributed by atoms with van der Waals surface area (Å²) < 4.78 is 5.73. The molecule has 30 heavy (non-hydrogen) atoms. The van der Waals surface area contributed by atoms with Crippen molar-refractivity contribution in [2.45, 2.75) is 0 Å². The molecule has 0 radical (unpaired) electrons. The van der Waals surface area contributed by atoms with Crippen molar-refractivity contribution < 1.29 is 23.9 Å². The largest absolute Gasteiger partial charge is 0.478 e. The number of thiocarbonyl (C=S) groups is 1. The van der Waals surface area contributed by atoms with E-state index < -0.39 is 17.8 Å². The number of carbonyl (C=O) groups is 3. The molecule has 8 heteroatoms. The first-order valence-electron chi connectivity index (χ1n) is 8.84. The summed E-state index contributed by atoms with van der Waals surface area (Å²) in [6.45, 7) is 0. The lowest BCUT2D eigenvalue weighted by Gasteiger charge is -2.28. The predicted molar refractivity (Wildman–Crippen MR) is 114 cm³/mol. The molecular weight excluding hydrogens is 404 g/mol. The number of hydrogen-bond acceptors (Lipinski definition) is 5. The highest BCUT2D eigenvalue weighted by Gasteiger charge is 2.34. The fraction of sp³-hybridized carbons (Fsp3) is 0. The fourth-order valence-electron chi connectivity index (χ4n) is 2.97. The van der Waals surface area contributed by atoms with Crippen LogP contribution in [0.1, 0.15) is 16.1 Å². The van der Waals surface area contributed by atoms with Gasteiger partial charge >= 0.3 is 5.97 Å². The Kier molecular flexibility index (Phi) is 4.99. The molecule has 148 valence electrons. The van der Waals surface area contributed by atoms with E-state index in [9.17, 15) is 14.4 Å². The molecule has 2 N–H and O–H groups in total. The van der Waals surface area contributed by atoms with Crippen LogP contribution < -0.4 is 10.2 Å². The van der Waals surface area contributed by atoms with E-state index in [4.69, 9.17) is 21.7 Å². The van der Waals surface area contributed by atoms with Gasteiger partial charge in [0.25, 0.3) is 11.8 Å². The molecule has 1 saturated heterocycles. The summed E-state index contributed by atoms with van der Waals surface area (Å²) in [5.74, 6) is -1.42. The third-order valence-electron chi connectivity index (χ3n) is 4.45. The number of nitrogens with one attached hydrogen (secondary N) is 1. The van der Waals surface area contributed by atoms with Crippen LogP contribution in [0.25, 0.3) is 17.4 Å². The lowest BCUT2D eigenvalue weighted by molar-refractivity contribution is -0.122. The normalized spacial score (nSPS) is 15.4. The van der Waals surface area contributed by atoms with Crippen molar-refractivity contribution in [1.82, 2.24) is 5.32 Å². The van der Waals surface area contributed by atoms with Gasteiger partial charge in [-0.2, -0.15) is 0 Å². The monoisotopic (exact) mass is 418 g/mol. The second kappa shape index (κ2) is 7.76. The Morgan fingerprint density at radius 2 is 1.70 bits per heavy atom. The zero-order valence-corrected chi connectivity index (χ0v) is 16.2. The highest BCUT2D eigenvalue weighted by atomic mass is 32.1. The van der Waals surface area contributed by atoms with Crippen LogP contribution in [0.4, 0.5) is 5.69 Å². The maximum atomic E-state index is 12.9. The number of carboxylic acid groups (broad SMARTS) is 1. The maximum absolute atomic E-state index is 12.9. The molecule has 0 saturated carbocycles. The van der Waals surface area contributed by atoms with Crippen LogP contribution in [0.5, 0.6) is 0 Å². The van der Waals surface area contributed by atoms with Crippen molar-refractivity contribution >= 4 is 46.9 Å². The zero-order valence-electron chi connectivity index (χ0n) is 15.4. The molecule has 0 aliphatic carbocycles. The number of rotatable bonds is 4. The lowest BCUT2D eigenvalue weighted by Crippen LogP contribution is -2.54. The summed E-state index contributed by atoms with van der Waals surface area (Å²) in [5, 5.41) is 11.5. The van der Waals surface area contributed by atoms with E-state index in [2.05, 4.69) is 5.32 Å². The van der Waals surface area contributed by atoms with Crippen LogP contribution in [0.15, 0.2) is 76.7 Å². The summed E-state index contributed by atoms with van der Waals surface area (Å²) in [6.07, 6.45) is 1.35. The molecule has 0 atom stereocenters. The number of nitrogens with zero attached hydrogens (tertiary/aromatic N) is 1. The number of carboxylic acids is 1. The summed E-state index contributed by atoms with van der Waals surface area (Å²) >= 11 is 5.16. The first-order valence-corrected chi connectivity index (χ1v) is 9.25. The molecule has 0 spiro atoms. The molecule has 2 aromatic carbocycles. The van der Waals surface area contributed by atoms with Gasteiger partial charge in [-0.25, -0.2) is 4.79 Å². The van der Waals surface area contributed by atoms with Crippen molar-refractivity contribution in [2.75, 3.05) is 4.90 Å². The Hall–Kier alpha value is -4.04. The molecular formula is C22H14N2O5S. The quantitative estimate of drug-likeness (QED) is 0.382. The zero-order chi connectivity index (χ0) is 21.3. The Morgan fingerprint density at radius 3 is 2.37 bits per heavy atom. The number of carbonyl (C=O) groups excluding carboxylic acids is 2. The number of anilines is 1. The Bertz CT molecular complexity index is 1200. The molecule has 1 aliphatic heterocycles. The van der Waals surface area contributed by atoms with Gasteiger partial charge in [0, 0.05) is 5.56 Å². The first kappa shape index (κ1) is 19.3. The topological polar surface area (TPSA) is 99.9 Å². The molecule has 1 fully saturated rings. The number of para-hydroxylation sites is 1. The van der Waals surface area contributed by atoms with Crippen molar-refractivity contribution in [3.05, 3.63) is 83.6 Å². The first-order chi connectivity index (χ1) is 14.4. The third kappa shape index (κ3) is 3.63. The van der Waals surface area contributed by atoms with Gasteiger partial charge in [-0.05, 0) is 54.7 Å². The summed E-state index contributed by atoms with van der Waals surface area (Å²) in [5.41, 5.74) is 1.25. The molecule has 2 amide bonds. The Morgan fingerprint density at radius 1 is 1.00 bits per heavy atom. The van der Waals surface area contributed by atoms with E-state index in [-0.39, 0.29) is 16.2 Å². The molecule has 0 unspecified atom stereocenters. The van der Waals surface area contributed by atoms with Crippen LogP contribution in [-0.4, -0.2) is 28.0 Å². The molecule has 4 rings (SSSR count). The van der Waals surface area contributed by atoms with Crippen LogP contribution in [0, 0.1) is 0 Å². The molecule has 1 aliphatic rings. The van der Waals surface area contributed by atoms with Crippen LogP contribution in [0.2, 0.25) is 0 Å². The molecule has 3 aromatic rings. The molecule has 2 heterocycles. The average Bonchev–Trinajstić information content (AvgIpc) is 3.20. The fourth-order valence-corrected chi connectivity index (χ4v) is 3.25. The molecule has 1 aromatic heterocycles. The summed E-state index contributed by atoms with van der Waals surface area (Å²) in [7, 11) is 0. The number of aromatic carboxylic acids is 1. The maximum Gasteiger partial charge on any atom is 0.335 e. The van der Waals surface area contributed by atoms with Crippen molar-refractivity contribution in [3.63, 3.8) is 0 Å². The third-order valence-corrected chi connectivity index (χ3v) is 4.73. The number of amides is 2. The van der Waals surface area contributed by atoms with Crippen molar-refractivity contribution in [1.29, 1.82) is 0 Å². The second-order valence-electron chi connectivity index (χ2n) is 6.38. The van der Waals surface area contributed by atoms with Gasteiger partial charge in [-0.15, -0.1) is 0 Å². The van der Waals surface area contributed by atoms with Crippen LogP contribution >= 0.6 is 12.2 Å². The van der Waals surface area contributed by atoms with E-state index in [0.29, 0.717) is 22.8 Å². The van der Waals surface area contributed by atoms with E-state index in [0.717, 1.165) is 0 Å². The Balaban J connectivity index is 1.64. The average molecular weight is 418 g/mol. The Labute approximate surface area is 176 Å². The van der Waals surface area contributed by atoms with E-state index in [1.54, 1.807) is 48.5 Å². The molecule has 7 nitrogen and oxygen atoms in total. The number of hydrogen-bond donors (Lipinski definition) is 2. The van der Waals surface area contributed by atoms with E-state index in [1.807, 2.05) is 6.07 Å². The summed E-state index contributed by atoms with van der Waals surface area (Å²) in [4.78, 5) is 37.5. The minimum atomic E-state index is -1.02. The van der Waals surface area contributed by atoms with Crippen molar-refractivity contribution in [2.24, 2.45) is 0 Å². The smallest absolute Gasteiger partial charge is 0.335 e. The second-order valence-corrected chi connectivity index (χ2v) is 6.76. The van der Waals surface area contributed by atoms with Crippen LogP contribution in [-0.2, 0) is 9.59 Å². The van der Waals surface area contributed by atoms with Crippen molar-refractivity contribution in [3.8, 4) is 11.3 Å².